The Balaban J connectivity index is 1.81. The van der Waals surface area contributed by atoms with Crippen LogP contribution >= 0.6 is 22.7 Å². The molecule has 0 radical (unpaired) electrons. The molecule has 0 fully saturated rings. The minimum Gasteiger partial charge on any atom is -0.375 e. The summed E-state index contributed by atoms with van der Waals surface area (Å²) in [7, 11) is 0. The zero-order valence-corrected chi connectivity index (χ0v) is 14.1. The lowest BCUT2D eigenvalue weighted by molar-refractivity contribution is -0.117. The van der Waals surface area contributed by atoms with Gasteiger partial charge in [-0.3, -0.25) is 9.69 Å². The Bertz CT molecular complexity index is 770. The maximum atomic E-state index is 12.0. The van der Waals surface area contributed by atoms with Crippen molar-refractivity contribution in [2.24, 2.45) is 0 Å². The number of nitrogens with zero attached hydrogens (tertiary/aromatic N) is 3. The number of hydrogen-bond acceptors (Lipinski definition) is 7. The summed E-state index contributed by atoms with van der Waals surface area (Å²) in [5.74, 6) is -0.0352. The number of likely N-dealkylation sites (N-methyl/N-ethyl adjacent to an activating group) is 1. The highest BCUT2D eigenvalue weighted by Crippen LogP contribution is 2.32. The van der Waals surface area contributed by atoms with Gasteiger partial charge in [0.15, 0.2) is 10.3 Å². The van der Waals surface area contributed by atoms with Crippen molar-refractivity contribution in [3.8, 4) is 0 Å². The number of rotatable bonds is 5. The molecule has 0 aliphatic carbocycles. The first kappa shape index (κ1) is 15.1. The minimum atomic E-state index is -0.0352. The average Bonchev–Trinajstić information content (AvgIpc) is 3.02. The molecule has 3 N–H and O–H groups in total. The van der Waals surface area contributed by atoms with Crippen LogP contribution in [-0.4, -0.2) is 40.4 Å². The largest absolute Gasteiger partial charge is 0.375 e. The van der Waals surface area contributed by atoms with Crippen molar-refractivity contribution in [1.82, 2.24) is 14.9 Å². The number of thiazole rings is 2. The van der Waals surface area contributed by atoms with Gasteiger partial charge in [-0.2, -0.15) is 0 Å². The van der Waals surface area contributed by atoms with Crippen LogP contribution < -0.4 is 11.1 Å². The third-order valence-corrected chi connectivity index (χ3v) is 5.20. The summed E-state index contributed by atoms with van der Waals surface area (Å²) in [4.78, 5) is 22.8. The molecule has 0 spiro atoms. The summed E-state index contributed by atoms with van der Waals surface area (Å²) in [5.41, 5.74) is 7.40. The molecule has 0 unspecified atom stereocenters. The summed E-state index contributed by atoms with van der Waals surface area (Å²) in [5, 5.41) is 4.05. The fraction of sp³-hybridized carbons (Fsp3) is 0.357. The molecule has 0 saturated carbocycles. The third-order valence-electron chi connectivity index (χ3n) is 3.42. The molecule has 1 amide bonds. The smallest absolute Gasteiger partial charge is 0.240 e. The van der Waals surface area contributed by atoms with Crippen LogP contribution in [0.2, 0.25) is 0 Å². The van der Waals surface area contributed by atoms with E-state index in [1.165, 1.54) is 22.7 Å². The first-order valence-electron chi connectivity index (χ1n) is 7.07. The van der Waals surface area contributed by atoms with E-state index in [0.29, 0.717) is 16.8 Å². The Morgan fingerprint density at radius 1 is 1.18 bits per heavy atom. The van der Waals surface area contributed by atoms with E-state index >= 15 is 0 Å². The van der Waals surface area contributed by atoms with Gasteiger partial charge in [0.25, 0.3) is 0 Å². The molecule has 8 heteroatoms. The van der Waals surface area contributed by atoms with E-state index in [0.717, 1.165) is 33.5 Å². The molecule has 2 heterocycles. The fourth-order valence-corrected chi connectivity index (χ4v) is 3.96. The van der Waals surface area contributed by atoms with E-state index in [1.54, 1.807) is 0 Å². The predicted molar refractivity (Wildman–Crippen MR) is 93.6 cm³/mol. The van der Waals surface area contributed by atoms with Crippen molar-refractivity contribution >= 4 is 59.3 Å². The normalized spacial score (nSPS) is 11.6. The van der Waals surface area contributed by atoms with Crippen LogP contribution in [0.25, 0.3) is 20.4 Å². The zero-order chi connectivity index (χ0) is 15.7. The molecule has 0 bridgehead atoms. The third kappa shape index (κ3) is 3.03. The molecule has 3 rings (SSSR count). The van der Waals surface area contributed by atoms with Crippen molar-refractivity contribution in [2.45, 2.75) is 13.8 Å². The standard InChI is InChI=1S/C14H17N5OS2/c1-3-19(4-2)7-12(20)18-14-17-9-5-8-10(6-11(9)22-14)21-13(15)16-8/h5-6H,3-4,7H2,1-2H3,(H2,15,16)(H,17,18,20). The molecule has 22 heavy (non-hydrogen) atoms. The molecule has 0 atom stereocenters. The van der Waals surface area contributed by atoms with Crippen molar-refractivity contribution in [2.75, 3.05) is 30.7 Å². The molecule has 116 valence electrons. The van der Waals surface area contributed by atoms with Gasteiger partial charge in [-0.15, -0.1) is 0 Å². The maximum absolute atomic E-state index is 12.0. The molecule has 0 aliphatic rings. The van der Waals surface area contributed by atoms with Crippen molar-refractivity contribution < 1.29 is 4.79 Å². The summed E-state index contributed by atoms with van der Waals surface area (Å²) in [6, 6.07) is 3.93. The second kappa shape index (κ2) is 6.15. The van der Waals surface area contributed by atoms with Crippen molar-refractivity contribution in [3.63, 3.8) is 0 Å². The van der Waals surface area contributed by atoms with Gasteiger partial charge in [0.2, 0.25) is 5.91 Å². The number of nitrogen functional groups attached to an aromatic ring is 1. The van der Waals surface area contributed by atoms with E-state index in [2.05, 4.69) is 20.2 Å². The van der Waals surface area contributed by atoms with Crippen LogP contribution in [0.4, 0.5) is 10.3 Å². The highest BCUT2D eigenvalue weighted by molar-refractivity contribution is 7.24. The summed E-state index contributed by atoms with van der Waals surface area (Å²) in [6.45, 7) is 6.18. The number of nitrogens with two attached hydrogens (primary N) is 1. The number of benzene rings is 1. The fourth-order valence-electron chi connectivity index (χ4n) is 2.23. The van der Waals surface area contributed by atoms with E-state index in [4.69, 9.17) is 5.73 Å². The van der Waals surface area contributed by atoms with Crippen LogP contribution in [0.5, 0.6) is 0 Å². The van der Waals surface area contributed by atoms with Crippen LogP contribution in [0.15, 0.2) is 12.1 Å². The number of carbonyl (C=O) groups excluding carboxylic acids is 1. The first-order valence-corrected chi connectivity index (χ1v) is 8.71. The molecule has 6 nitrogen and oxygen atoms in total. The SMILES string of the molecule is CCN(CC)CC(=O)Nc1nc2cc3nc(N)sc3cc2s1. The Morgan fingerprint density at radius 3 is 2.59 bits per heavy atom. The van der Waals surface area contributed by atoms with E-state index < -0.39 is 0 Å². The Morgan fingerprint density at radius 2 is 1.86 bits per heavy atom. The van der Waals surface area contributed by atoms with Crippen molar-refractivity contribution in [3.05, 3.63) is 12.1 Å². The average molecular weight is 335 g/mol. The number of nitrogens with one attached hydrogen (secondary N) is 1. The van der Waals surface area contributed by atoms with E-state index in [-0.39, 0.29) is 5.91 Å². The number of carbonyl (C=O) groups is 1. The lowest BCUT2D eigenvalue weighted by atomic mass is 10.3. The monoisotopic (exact) mass is 335 g/mol. The van der Waals surface area contributed by atoms with Gasteiger partial charge in [-0.05, 0) is 25.2 Å². The van der Waals surface area contributed by atoms with Gasteiger partial charge < -0.3 is 11.1 Å². The summed E-state index contributed by atoms with van der Waals surface area (Å²) >= 11 is 2.92. The number of amides is 1. The number of anilines is 2. The number of aromatic nitrogens is 2. The van der Waals surface area contributed by atoms with Gasteiger partial charge >= 0.3 is 0 Å². The van der Waals surface area contributed by atoms with E-state index in [9.17, 15) is 4.79 Å². The van der Waals surface area contributed by atoms with Crippen LogP contribution in [0, 0.1) is 0 Å². The summed E-state index contributed by atoms with van der Waals surface area (Å²) < 4.78 is 2.06. The molecular weight excluding hydrogens is 318 g/mol. The van der Waals surface area contributed by atoms with Gasteiger partial charge in [-0.25, -0.2) is 9.97 Å². The van der Waals surface area contributed by atoms with Crippen LogP contribution in [0.1, 0.15) is 13.8 Å². The van der Waals surface area contributed by atoms with Crippen LogP contribution in [-0.2, 0) is 4.79 Å². The Hall–Kier alpha value is -1.77. The second-order valence-corrected chi connectivity index (χ2v) is 6.96. The Labute approximate surface area is 136 Å². The molecule has 0 saturated heterocycles. The number of hydrogen-bond donors (Lipinski definition) is 2. The second-order valence-electron chi connectivity index (χ2n) is 4.87. The predicted octanol–water partition coefficient (Wildman–Crippen LogP) is 2.77. The topological polar surface area (TPSA) is 84.1 Å². The Kier molecular flexibility index (Phi) is 4.23. The molecular formula is C14H17N5OS2. The van der Waals surface area contributed by atoms with Gasteiger partial charge in [-0.1, -0.05) is 36.5 Å². The minimum absolute atomic E-state index is 0.0352. The van der Waals surface area contributed by atoms with Crippen molar-refractivity contribution in [1.29, 1.82) is 0 Å². The highest BCUT2D eigenvalue weighted by Gasteiger charge is 2.12. The molecule has 2 aromatic heterocycles. The highest BCUT2D eigenvalue weighted by atomic mass is 32.1. The van der Waals surface area contributed by atoms with Crippen LogP contribution in [0.3, 0.4) is 0 Å². The van der Waals surface area contributed by atoms with Gasteiger partial charge in [0.05, 0.1) is 27.0 Å². The lowest BCUT2D eigenvalue weighted by Gasteiger charge is -2.16. The lowest BCUT2D eigenvalue weighted by Crippen LogP contribution is -2.32. The molecule has 3 aromatic rings. The zero-order valence-electron chi connectivity index (χ0n) is 12.4. The maximum Gasteiger partial charge on any atom is 0.240 e. The quantitative estimate of drug-likeness (QED) is 0.749. The van der Waals surface area contributed by atoms with E-state index in [1.807, 2.05) is 26.0 Å². The van der Waals surface area contributed by atoms with Gasteiger partial charge in [0, 0.05) is 0 Å². The summed E-state index contributed by atoms with van der Waals surface area (Å²) in [6.07, 6.45) is 0. The number of fused-ring (bicyclic) bond motifs is 2. The van der Waals surface area contributed by atoms with Gasteiger partial charge in [0.1, 0.15) is 0 Å². The molecule has 0 aliphatic heterocycles. The molecule has 1 aromatic carbocycles. The first-order chi connectivity index (χ1) is 10.6.